The molecule has 2 N–H and O–H groups in total. The SMILES string of the molecule is CCOC(=O)c1c(NC(=O)c2cccc(NS(=O)(=O)c3ccccc3)c2C)sc2c1CCCC2. The van der Waals surface area contributed by atoms with E-state index in [4.69, 9.17) is 4.74 Å². The first-order valence-electron chi connectivity index (χ1n) is 11.1. The Balaban J connectivity index is 1.63. The van der Waals surface area contributed by atoms with Crippen molar-refractivity contribution in [2.75, 3.05) is 16.6 Å². The number of benzene rings is 2. The molecule has 4 rings (SSSR count). The minimum Gasteiger partial charge on any atom is -0.462 e. The van der Waals surface area contributed by atoms with Crippen molar-refractivity contribution < 1.29 is 22.7 Å². The third-order valence-electron chi connectivity index (χ3n) is 5.75. The lowest BCUT2D eigenvalue weighted by Gasteiger charge is -2.14. The molecule has 0 atom stereocenters. The Bertz CT molecular complexity index is 1330. The van der Waals surface area contributed by atoms with Crippen LogP contribution in [0.3, 0.4) is 0 Å². The predicted molar refractivity (Wildman–Crippen MR) is 133 cm³/mol. The Morgan fingerprint density at radius 2 is 1.76 bits per heavy atom. The van der Waals surface area contributed by atoms with Crippen LogP contribution in [0.5, 0.6) is 0 Å². The van der Waals surface area contributed by atoms with Gasteiger partial charge >= 0.3 is 5.97 Å². The zero-order valence-corrected chi connectivity index (χ0v) is 20.6. The fourth-order valence-corrected chi connectivity index (χ4v) is 6.46. The van der Waals surface area contributed by atoms with E-state index in [0.29, 0.717) is 27.4 Å². The number of nitrogens with one attached hydrogen (secondary N) is 2. The number of carbonyl (C=O) groups excluding carboxylic acids is 2. The van der Waals surface area contributed by atoms with E-state index in [9.17, 15) is 18.0 Å². The molecule has 9 heteroatoms. The molecule has 2 aromatic carbocycles. The number of hydrogen-bond donors (Lipinski definition) is 2. The van der Waals surface area contributed by atoms with Gasteiger partial charge in [0, 0.05) is 10.4 Å². The molecule has 34 heavy (non-hydrogen) atoms. The van der Waals surface area contributed by atoms with E-state index in [-0.39, 0.29) is 11.5 Å². The standard InChI is InChI=1S/C25H26N2O5S2/c1-3-32-25(29)22-19-12-7-8-15-21(19)33-24(22)26-23(28)18-13-9-14-20(16(18)2)27-34(30,31)17-10-5-4-6-11-17/h4-6,9-11,13-14,27H,3,7-8,12,15H2,1-2H3,(H,26,28). The second-order valence-corrected chi connectivity index (χ2v) is 10.8. The van der Waals surface area contributed by atoms with Gasteiger partial charge in [0.05, 0.1) is 22.8 Å². The van der Waals surface area contributed by atoms with Crippen LogP contribution >= 0.6 is 11.3 Å². The van der Waals surface area contributed by atoms with Crippen LogP contribution in [-0.4, -0.2) is 26.9 Å². The van der Waals surface area contributed by atoms with Gasteiger partial charge in [0.25, 0.3) is 15.9 Å². The largest absolute Gasteiger partial charge is 0.462 e. The molecule has 0 saturated heterocycles. The Morgan fingerprint density at radius 3 is 2.50 bits per heavy atom. The molecule has 1 aliphatic carbocycles. The number of sulfonamides is 1. The summed E-state index contributed by atoms with van der Waals surface area (Å²) in [4.78, 5) is 27.2. The van der Waals surface area contributed by atoms with E-state index >= 15 is 0 Å². The summed E-state index contributed by atoms with van der Waals surface area (Å²) in [7, 11) is -3.80. The molecule has 7 nitrogen and oxygen atoms in total. The zero-order valence-electron chi connectivity index (χ0n) is 19.0. The third kappa shape index (κ3) is 4.85. The van der Waals surface area contributed by atoms with Crippen molar-refractivity contribution in [3.05, 3.63) is 75.7 Å². The van der Waals surface area contributed by atoms with Gasteiger partial charge in [-0.15, -0.1) is 11.3 Å². The number of carbonyl (C=O) groups is 2. The maximum absolute atomic E-state index is 13.2. The molecule has 0 spiro atoms. The number of ether oxygens (including phenoxy) is 1. The van der Waals surface area contributed by atoms with Gasteiger partial charge in [0.2, 0.25) is 0 Å². The number of rotatable bonds is 7. The van der Waals surface area contributed by atoms with Gasteiger partial charge in [-0.25, -0.2) is 13.2 Å². The summed E-state index contributed by atoms with van der Waals surface area (Å²) in [6.07, 6.45) is 3.70. The summed E-state index contributed by atoms with van der Waals surface area (Å²) >= 11 is 1.41. The number of thiophene rings is 1. The topological polar surface area (TPSA) is 102 Å². The Morgan fingerprint density at radius 1 is 1.03 bits per heavy atom. The zero-order chi connectivity index (χ0) is 24.3. The number of esters is 1. The maximum atomic E-state index is 13.2. The second-order valence-electron chi connectivity index (χ2n) is 7.99. The fourth-order valence-electron chi connectivity index (χ4n) is 4.04. The van der Waals surface area contributed by atoms with E-state index in [1.54, 1.807) is 50.2 Å². The van der Waals surface area contributed by atoms with Gasteiger partial charge < -0.3 is 10.1 Å². The van der Waals surface area contributed by atoms with Crippen LogP contribution in [0.25, 0.3) is 0 Å². The average molecular weight is 499 g/mol. The highest BCUT2D eigenvalue weighted by atomic mass is 32.2. The first kappa shape index (κ1) is 24.0. The summed E-state index contributed by atoms with van der Waals surface area (Å²) in [5, 5.41) is 3.36. The number of aryl methyl sites for hydroxylation is 1. The van der Waals surface area contributed by atoms with E-state index < -0.39 is 21.9 Å². The third-order valence-corrected chi connectivity index (χ3v) is 8.34. The van der Waals surface area contributed by atoms with Crippen molar-refractivity contribution in [2.24, 2.45) is 0 Å². The number of fused-ring (bicyclic) bond motifs is 1. The Kier molecular flexibility index (Phi) is 7.04. The van der Waals surface area contributed by atoms with Gasteiger partial charge in [-0.1, -0.05) is 24.3 Å². The lowest BCUT2D eigenvalue weighted by molar-refractivity contribution is 0.0526. The van der Waals surface area contributed by atoms with Crippen LogP contribution < -0.4 is 10.0 Å². The van der Waals surface area contributed by atoms with Crippen molar-refractivity contribution in [1.29, 1.82) is 0 Å². The van der Waals surface area contributed by atoms with Crippen molar-refractivity contribution in [1.82, 2.24) is 0 Å². The van der Waals surface area contributed by atoms with Crippen LogP contribution in [0.15, 0.2) is 53.4 Å². The molecule has 3 aromatic rings. The molecule has 1 heterocycles. The van der Waals surface area contributed by atoms with Gasteiger partial charge in [0.15, 0.2) is 0 Å². The van der Waals surface area contributed by atoms with Gasteiger partial charge in [0.1, 0.15) is 5.00 Å². The molecule has 1 aliphatic rings. The van der Waals surface area contributed by atoms with Crippen LogP contribution in [0.1, 0.15) is 56.5 Å². The maximum Gasteiger partial charge on any atom is 0.341 e. The number of hydrogen-bond acceptors (Lipinski definition) is 6. The van der Waals surface area contributed by atoms with Crippen molar-refractivity contribution >= 4 is 43.9 Å². The van der Waals surface area contributed by atoms with E-state index in [0.717, 1.165) is 36.1 Å². The summed E-state index contributed by atoms with van der Waals surface area (Å²) in [6, 6.07) is 12.9. The minimum atomic E-state index is -3.80. The molecule has 178 valence electrons. The van der Waals surface area contributed by atoms with Gasteiger partial charge in [-0.2, -0.15) is 0 Å². The van der Waals surface area contributed by atoms with Crippen LogP contribution in [0.4, 0.5) is 10.7 Å². The average Bonchev–Trinajstić information content (AvgIpc) is 3.19. The number of anilines is 2. The minimum absolute atomic E-state index is 0.132. The van der Waals surface area contributed by atoms with Gasteiger partial charge in [-0.05, 0) is 74.9 Å². The smallest absolute Gasteiger partial charge is 0.341 e. The Labute approximate surface area is 203 Å². The van der Waals surface area contributed by atoms with Crippen molar-refractivity contribution in [2.45, 2.75) is 44.4 Å². The van der Waals surface area contributed by atoms with E-state index in [2.05, 4.69) is 10.0 Å². The van der Waals surface area contributed by atoms with E-state index in [1.165, 1.54) is 23.5 Å². The summed E-state index contributed by atoms with van der Waals surface area (Å²) in [5.74, 6) is -0.847. The van der Waals surface area contributed by atoms with Gasteiger partial charge in [-0.3, -0.25) is 9.52 Å². The molecule has 0 radical (unpaired) electrons. The fraction of sp³-hybridized carbons (Fsp3) is 0.280. The molecule has 0 unspecified atom stereocenters. The van der Waals surface area contributed by atoms with Crippen molar-refractivity contribution in [3.63, 3.8) is 0 Å². The highest BCUT2D eigenvalue weighted by Gasteiger charge is 2.28. The quantitative estimate of drug-likeness (QED) is 0.438. The van der Waals surface area contributed by atoms with Crippen LogP contribution in [0, 0.1) is 6.92 Å². The molecule has 1 aromatic heterocycles. The molecule has 0 fully saturated rings. The summed E-state index contributed by atoms with van der Waals surface area (Å²) in [6.45, 7) is 3.68. The summed E-state index contributed by atoms with van der Waals surface area (Å²) in [5.41, 5.74) is 2.51. The first-order valence-corrected chi connectivity index (χ1v) is 13.4. The monoisotopic (exact) mass is 498 g/mol. The number of amides is 1. The molecule has 1 amide bonds. The normalized spacial score (nSPS) is 13.1. The highest BCUT2D eigenvalue weighted by Crippen LogP contribution is 2.39. The molecular weight excluding hydrogens is 472 g/mol. The highest BCUT2D eigenvalue weighted by molar-refractivity contribution is 7.92. The second kappa shape index (κ2) is 9.99. The van der Waals surface area contributed by atoms with Crippen LogP contribution in [-0.2, 0) is 27.6 Å². The molecular formula is C25H26N2O5S2. The van der Waals surface area contributed by atoms with Crippen LogP contribution in [0.2, 0.25) is 0 Å². The molecule has 0 bridgehead atoms. The lowest BCUT2D eigenvalue weighted by atomic mass is 9.95. The molecule has 0 saturated carbocycles. The molecule has 0 aliphatic heterocycles. The predicted octanol–water partition coefficient (Wildman–Crippen LogP) is 5.17. The summed E-state index contributed by atoms with van der Waals surface area (Å²) < 4.78 is 33.3. The van der Waals surface area contributed by atoms with E-state index in [1.807, 2.05) is 0 Å². The first-order chi connectivity index (χ1) is 16.3. The Hall–Kier alpha value is -3.17. The van der Waals surface area contributed by atoms with Crippen molar-refractivity contribution in [3.8, 4) is 0 Å². The lowest BCUT2D eigenvalue weighted by Crippen LogP contribution is -2.18.